The van der Waals surface area contributed by atoms with E-state index >= 15 is 0 Å². The van der Waals surface area contributed by atoms with Crippen molar-refractivity contribution in [3.63, 3.8) is 0 Å². The van der Waals surface area contributed by atoms with Crippen molar-refractivity contribution in [1.82, 2.24) is 4.90 Å². The topological polar surface area (TPSA) is 46.3 Å². The minimum atomic E-state index is 0.0346. The zero-order valence-corrected chi connectivity index (χ0v) is 12.7. The van der Waals surface area contributed by atoms with E-state index in [4.69, 9.17) is 5.73 Å². The van der Waals surface area contributed by atoms with E-state index in [1.165, 1.54) is 0 Å². The monoisotopic (exact) mass is 282 g/mol. The minimum absolute atomic E-state index is 0.0346. The van der Waals surface area contributed by atoms with Gasteiger partial charge in [0.05, 0.1) is 0 Å². The molecule has 0 saturated heterocycles. The number of hydrogen-bond acceptors (Lipinski definition) is 2. The van der Waals surface area contributed by atoms with E-state index in [0.29, 0.717) is 17.8 Å². The highest BCUT2D eigenvalue weighted by atomic mass is 16.2. The molecule has 0 aliphatic carbocycles. The van der Waals surface area contributed by atoms with E-state index < -0.39 is 0 Å². The highest BCUT2D eigenvalue weighted by Gasteiger charge is 2.16. The maximum absolute atomic E-state index is 12.7. The maximum atomic E-state index is 12.7. The van der Waals surface area contributed by atoms with Crippen molar-refractivity contribution in [3.8, 4) is 0 Å². The number of aryl methyl sites for hydroxylation is 1. The largest absolute Gasteiger partial charge is 0.398 e. The molecule has 0 aliphatic heterocycles. The lowest BCUT2D eigenvalue weighted by Crippen LogP contribution is -2.31. The van der Waals surface area contributed by atoms with Crippen LogP contribution in [0.3, 0.4) is 0 Å². The molecular weight excluding hydrogens is 260 g/mol. The summed E-state index contributed by atoms with van der Waals surface area (Å²) in [4.78, 5) is 14.5. The van der Waals surface area contributed by atoms with Gasteiger partial charge in [-0.2, -0.15) is 0 Å². The normalized spacial score (nSPS) is 10.4. The average molecular weight is 282 g/mol. The van der Waals surface area contributed by atoms with Gasteiger partial charge in [-0.15, -0.1) is 0 Å². The Morgan fingerprint density at radius 1 is 1.14 bits per heavy atom. The van der Waals surface area contributed by atoms with Crippen LogP contribution in [-0.4, -0.2) is 17.4 Å². The van der Waals surface area contributed by atoms with Gasteiger partial charge in [0.2, 0.25) is 0 Å². The van der Waals surface area contributed by atoms with Gasteiger partial charge in [-0.05, 0) is 36.6 Å². The Labute approximate surface area is 126 Å². The van der Waals surface area contributed by atoms with Crippen LogP contribution in [0.15, 0.2) is 48.5 Å². The van der Waals surface area contributed by atoms with Crippen LogP contribution in [0.1, 0.15) is 34.8 Å². The molecular formula is C18H22N2O. The molecule has 0 radical (unpaired) electrons. The Bertz CT molecular complexity index is 608. The summed E-state index contributed by atoms with van der Waals surface area (Å²) < 4.78 is 0. The van der Waals surface area contributed by atoms with Crippen LogP contribution in [0.4, 0.5) is 5.69 Å². The van der Waals surface area contributed by atoms with Gasteiger partial charge in [0.1, 0.15) is 0 Å². The van der Waals surface area contributed by atoms with Gasteiger partial charge in [-0.25, -0.2) is 0 Å². The zero-order chi connectivity index (χ0) is 15.2. The second kappa shape index (κ2) is 6.93. The van der Waals surface area contributed by atoms with Crippen LogP contribution in [0.25, 0.3) is 0 Å². The molecule has 2 rings (SSSR count). The van der Waals surface area contributed by atoms with Gasteiger partial charge >= 0.3 is 0 Å². The summed E-state index contributed by atoms with van der Waals surface area (Å²) >= 11 is 0. The first-order chi connectivity index (χ1) is 10.1. The number of amides is 1. The van der Waals surface area contributed by atoms with E-state index in [9.17, 15) is 4.79 Å². The fourth-order valence-electron chi connectivity index (χ4n) is 2.28. The van der Waals surface area contributed by atoms with Crippen LogP contribution in [0, 0.1) is 6.92 Å². The Morgan fingerprint density at radius 3 is 2.48 bits per heavy atom. The number of carbonyl (C=O) groups is 1. The smallest absolute Gasteiger partial charge is 0.254 e. The number of hydrogen-bond donors (Lipinski definition) is 1. The highest BCUT2D eigenvalue weighted by Crippen LogP contribution is 2.16. The Morgan fingerprint density at radius 2 is 1.86 bits per heavy atom. The molecule has 1 amide bonds. The summed E-state index contributed by atoms with van der Waals surface area (Å²) in [6, 6.07) is 15.6. The molecule has 21 heavy (non-hydrogen) atoms. The highest BCUT2D eigenvalue weighted by molar-refractivity contribution is 5.95. The van der Waals surface area contributed by atoms with E-state index in [2.05, 4.69) is 6.92 Å². The second-order valence-electron chi connectivity index (χ2n) is 5.28. The second-order valence-corrected chi connectivity index (χ2v) is 5.28. The third-order valence-corrected chi connectivity index (χ3v) is 3.52. The molecule has 0 spiro atoms. The number of benzene rings is 2. The number of rotatable bonds is 5. The van der Waals surface area contributed by atoms with Gasteiger partial charge in [0, 0.05) is 24.3 Å². The summed E-state index contributed by atoms with van der Waals surface area (Å²) in [5, 5.41) is 0. The molecule has 0 aliphatic rings. The Balaban J connectivity index is 2.20. The van der Waals surface area contributed by atoms with Crippen LogP contribution in [0.5, 0.6) is 0 Å². The molecule has 3 nitrogen and oxygen atoms in total. The Kier molecular flexibility index (Phi) is 4.99. The molecule has 3 heteroatoms. The molecule has 0 fully saturated rings. The van der Waals surface area contributed by atoms with Gasteiger partial charge in [-0.3, -0.25) is 4.79 Å². The van der Waals surface area contributed by atoms with Crippen LogP contribution in [-0.2, 0) is 6.54 Å². The van der Waals surface area contributed by atoms with Crippen molar-refractivity contribution in [3.05, 3.63) is 65.2 Å². The van der Waals surface area contributed by atoms with Crippen molar-refractivity contribution in [2.45, 2.75) is 26.8 Å². The zero-order valence-electron chi connectivity index (χ0n) is 12.7. The van der Waals surface area contributed by atoms with Gasteiger partial charge in [-0.1, -0.05) is 43.3 Å². The number of nitrogen functional groups attached to an aromatic ring is 1. The predicted octanol–water partition coefficient (Wildman–Crippen LogP) is 3.63. The lowest BCUT2D eigenvalue weighted by molar-refractivity contribution is 0.0743. The van der Waals surface area contributed by atoms with Gasteiger partial charge in [0.15, 0.2) is 0 Å². The quantitative estimate of drug-likeness (QED) is 0.851. The molecule has 2 aromatic rings. The maximum Gasteiger partial charge on any atom is 0.254 e. The molecule has 2 aromatic carbocycles. The van der Waals surface area contributed by atoms with Crippen LogP contribution >= 0.6 is 0 Å². The first-order valence-electron chi connectivity index (χ1n) is 7.31. The van der Waals surface area contributed by atoms with E-state index in [-0.39, 0.29) is 5.91 Å². The van der Waals surface area contributed by atoms with Crippen molar-refractivity contribution >= 4 is 11.6 Å². The molecule has 0 unspecified atom stereocenters. The molecule has 0 atom stereocenters. The summed E-state index contributed by atoms with van der Waals surface area (Å²) in [6.07, 6.45) is 0.930. The van der Waals surface area contributed by atoms with Crippen molar-refractivity contribution in [2.24, 2.45) is 0 Å². The first-order valence-corrected chi connectivity index (χ1v) is 7.31. The number of nitrogens with zero attached hydrogens (tertiary/aromatic N) is 1. The molecule has 0 heterocycles. The van der Waals surface area contributed by atoms with Crippen molar-refractivity contribution < 1.29 is 4.79 Å². The average Bonchev–Trinajstić information content (AvgIpc) is 2.50. The van der Waals surface area contributed by atoms with E-state index in [0.717, 1.165) is 24.1 Å². The number of anilines is 1. The molecule has 110 valence electrons. The summed E-state index contributed by atoms with van der Waals surface area (Å²) in [5.41, 5.74) is 9.37. The summed E-state index contributed by atoms with van der Waals surface area (Å²) in [5.74, 6) is 0.0346. The van der Waals surface area contributed by atoms with Crippen molar-refractivity contribution in [2.75, 3.05) is 12.3 Å². The lowest BCUT2D eigenvalue weighted by atomic mass is 10.1. The van der Waals surface area contributed by atoms with Gasteiger partial charge < -0.3 is 10.6 Å². The molecule has 0 saturated carbocycles. The lowest BCUT2D eigenvalue weighted by Gasteiger charge is -2.22. The molecule has 0 aromatic heterocycles. The standard InChI is InChI=1S/C18H22N2O/c1-3-11-20(13-15-7-5-4-6-8-15)18(21)16-10-9-14(2)17(19)12-16/h4-10,12H,3,11,13,19H2,1-2H3. The van der Waals surface area contributed by atoms with Crippen molar-refractivity contribution in [1.29, 1.82) is 0 Å². The summed E-state index contributed by atoms with van der Waals surface area (Å²) in [7, 11) is 0. The first kappa shape index (κ1) is 15.1. The minimum Gasteiger partial charge on any atom is -0.398 e. The molecule has 0 bridgehead atoms. The number of nitrogens with two attached hydrogens (primary N) is 1. The SMILES string of the molecule is CCCN(Cc1ccccc1)C(=O)c1ccc(C)c(N)c1. The third kappa shape index (κ3) is 3.85. The molecule has 2 N–H and O–H groups in total. The third-order valence-electron chi connectivity index (χ3n) is 3.52. The number of carbonyl (C=O) groups excluding carboxylic acids is 1. The summed E-state index contributed by atoms with van der Waals surface area (Å²) in [6.45, 7) is 5.38. The Hall–Kier alpha value is -2.29. The van der Waals surface area contributed by atoms with E-state index in [1.807, 2.05) is 54.3 Å². The van der Waals surface area contributed by atoms with E-state index in [1.54, 1.807) is 6.07 Å². The fraction of sp³-hybridized carbons (Fsp3) is 0.278. The predicted molar refractivity (Wildman–Crippen MR) is 87.1 cm³/mol. The van der Waals surface area contributed by atoms with Crippen LogP contribution < -0.4 is 5.73 Å². The fourth-order valence-corrected chi connectivity index (χ4v) is 2.28. The van der Waals surface area contributed by atoms with Crippen LogP contribution in [0.2, 0.25) is 0 Å². The van der Waals surface area contributed by atoms with Gasteiger partial charge in [0.25, 0.3) is 5.91 Å².